The Labute approximate surface area is 117 Å². The molecule has 0 amide bonds. The van der Waals surface area contributed by atoms with Gasteiger partial charge in [0.05, 0.1) is 12.1 Å². The highest BCUT2D eigenvalue weighted by Crippen LogP contribution is 2.34. The summed E-state index contributed by atoms with van der Waals surface area (Å²) >= 11 is 1.48. The number of aliphatic carboxylic acids is 1. The highest BCUT2D eigenvalue weighted by molar-refractivity contribution is 7.13. The summed E-state index contributed by atoms with van der Waals surface area (Å²) in [4.78, 5) is 17.2. The number of likely N-dealkylation sites (N-methyl/N-ethyl adjacent to an activating group) is 1. The second kappa shape index (κ2) is 5.88. The number of nitrogens with one attached hydrogen (secondary N) is 1. The SMILES string of the molecule is CN(C)C1(CNc2nc(CC(=O)O)cs2)CCCC1. The van der Waals surface area contributed by atoms with Gasteiger partial charge in [0.15, 0.2) is 5.13 Å². The minimum atomic E-state index is -0.836. The fraction of sp³-hybridized carbons (Fsp3) is 0.692. The van der Waals surface area contributed by atoms with Crippen molar-refractivity contribution < 1.29 is 9.90 Å². The molecular formula is C13H21N3O2S. The Bertz CT molecular complexity index is 439. The number of carboxylic acids is 1. The highest BCUT2D eigenvalue weighted by atomic mass is 32.1. The van der Waals surface area contributed by atoms with E-state index in [1.54, 1.807) is 0 Å². The number of anilines is 1. The second-order valence-electron chi connectivity index (χ2n) is 5.39. The van der Waals surface area contributed by atoms with E-state index >= 15 is 0 Å². The average molecular weight is 283 g/mol. The number of nitrogens with zero attached hydrogens (tertiary/aromatic N) is 2. The van der Waals surface area contributed by atoms with E-state index in [4.69, 9.17) is 5.11 Å². The fourth-order valence-corrected chi connectivity index (χ4v) is 3.39. The highest BCUT2D eigenvalue weighted by Gasteiger charge is 2.35. The number of aromatic nitrogens is 1. The topological polar surface area (TPSA) is 65.5 Å². The van der Waals surface area contributed by atoms with Crippen molar-refractivity contribution in [1.82, 2.24) is 9.88 Å². The first kappa shape index (κ1) is 14.3. The molecule has 0 bridgehead atoms. The number of hydrogen-bond acceptors (Lipinski definition) is 5. The van der Waals surface area contributed by atoms with Crippen LogP contribution in [0.3, 0.4) is 0 Å². The van der Waals surface area contributed by atoms with Crippen LogP contribution in [0.5, 0.6) is 0 Å². The molecule has 1 heterocycles. The maximum atomic E-state index is 10.6. The molecule has 19 heavy (non-hydrogen) atoms. The summed E-state index contributed by atoms with van der Waals surface area (Å²) in [7, 11) is 4.26. The molecule has 0 saturated heterocycles. The van der Waals surface area contributed by atoms with Crippen molar-refractivity contribution in [3.8, 4) is 0 Å². The molecule has 5 nitrogen and oxygen atoms in total. The summed E-state index contributed by atoms with van der Waals surface area (Å²) in [6, 6.07) is 0. The number of thiazole rings is 1. The summed E-state index contributed by atoms with van der Waals surface area (Å²) in [6.45, 7) is 0.875. The maximum Gasteiger partial charge on any atom is 0.309 e. The second-order valence-corrected chi connectivity index (χ2v) is 6.25. The lowest BCUT2D eigenvalue weighted by Crippen LogP contribution is -2.47. The van der Waals surface area contributed by atoms with Gasteiger partial charge in [-0.3, -0.25) is 4.79 Å². The van der Waals surface area contributed by atoms with Crippen LogP contribution in [0.1, 0.15) is 31.4 Å². The number of carboxylic acid groups (broad SMARTS) is 1. The molecule has 6 heteroatoms. The molecule has 0 unspecified atom stereocenters. The number of hydrogen-bond donors (Lipinski definition) is 2. The lowest BCUT2D eigenvalue weighted by molar-refractivity contribution is -0.136. The van der Waals surface area contributed by atoms with Crippen molar-refractivity contribution in [3.05, 3.63) is 11.1 Å². The Balaban J connectivity index is 1.94. The third-order valence-corrected chi connectivity index (χ3v) is 4.78. The minimum absolute atomic E-state index is 0.00297. The van der Waals surface area contributed by atoms with Crippen LogP contribution in [0.15, 0.2) is 5.38 Å². The van der Waals surface area contributed by atoms with E-state index in [2.05, 4.69) is 29.3 Å². The first-order chi connectivity index (χ1) is 9.02. The zero-order chi connectivity index (χ0) is 13.9. The van der Waals surface area contributed by atoms with E-state index in [-0.39, 0.29) is 12.0 Å². The predicted octanol–water partition coefficient (Wildman–Crippen LogP) is 2.06. The first-order valence-electron chi connectivity index (χ1n) is 6.59. The molecule has 1 aliphatic rings. The van der Waals surface area contributed by atoms with Crippen LogP contribution >= 0.6 is 11.3 Å². The van der Waals surface area contributed by atoms with E-state index in [0.29, 0.717) is 5.69 Å². The van der Waals surface area contributed by atoms with E-state index in [1.165, 1.54) is 37.0 Å². The summed E-state index contributed by atoms with van der Waals surface area (Å²) < 4.78 is 0. The average Bonchev–Trinajstić information content (AvgIpc) is 2.95. The Morgan fingerprint density at radius 1 is 1.53 bits per heavy atom. The van der Waals surface area contributed by atoms with Gasteiger partial charge in [-0.25, -0.2) is 4.98 Å². The Morgan fingerprint density at radius 3 is 2.79 bits per heavy atom. The van der Waals surface area contributed by atoms with Gasteiger partial charge < -0.3 is 15.3 Å². The fourth-order valence-electron chi connectivity index (χ4n) is 2.68. The minimum Gasteiger partial charge on any atom is -0.481 e. The molecule has 1 aromatic heterocycles. The summed E-state index contributed by atoms with van der Waals surface area (Å²) in [5, 5.41) is 14.7. The van der Waals surface area contributed by atoms with Crippen LogP contribution in [0.2, 0.25) is 0 Å². The van der Waals surface area contributed by atoms with Gasteiger partial charge in [0, 0.05) is 17.5 Å². The van der Waals surface area contributed by atoms with Crippen molar-refractivity contribution in [3.63, 3.8) is 0 Å². The molecule has 1 aliphatic carbocycles. The van der Waals surface area contributed by atoms with Gasteiger partial charge in [-0.1, -0.05) is 12.8 Å². The van der Waals surface area contributed by atoms with Gasteiger partial charge in [0.25, 0.3) is 0 Å². The van der Waals surface area contributed by atoms with Crippen molar-refractivity contribution in [1.29, 1.82) is 0 Å². The zero-order valence-electron chi connectivity index (χ0n) is 11.5. The first-order valence-corrected chi connectivity index (χ1v) is 7.47. The molecule has 0 atom stereocenters. The van der Waals surface area contributed by atoms with Gasteiger partial charge in [-0.2, -0.15) is 0 Å². The van der Waals surface area contributed by atoms with Crippen molar-refractivity contribution in [2.75, 3.05) is 26.0 Å². The predicted molar refractivity (Wildman–Crippen MR) is 76.8 cm³/mol. The maximum absolute atomic E-state index is 10.6. The molecule has 1 aromatic rings. The van der Waals surface area contributed by atoms with Crippen LogP contribution < -0.4 is 5.32 Å². The van der Waals surface area contributed by atoms with Gasteiger partial charge in [0.1, 0.15) is 0 Å². The quantitative estimate of drug-likeness (QED) is 0.836. The van der Waals surface area contributed by atoms with Gasteiger partial charge in [-0.15, -0.1) is 11.3 Å². The van der Waals surface area contributed by atoms with Crippen LogP contribution in [-0.4, -0.2) is 47.1 Å². The van der Waals surface area contributed by atoms with Gasteiger partial charge in [0.2, 0.25) is 0 Å². The zero-order valence-corrected chi connectivity index (χ0v) is 12.3. The Kier molecular flexibility index (Phi) is 4.42. The van der Waals surface area contributed by atoms with Crippen molar-refractivity contribution in [2.45, 2.75) is 37.6 Å². The summed E-state index contributed by atoms with van der Waals surface area (Å²) in [6.07, 6.45) is 4.97. The molecule has 1 saturated carbocycles. The Hall–Kier alpha value is -1.14. The smallest absolute Gasteiger partial charge is 0.309 e. The third kappa shape index (κ3) is 3.45. The van der Waals surface area contributed by atoms with Crippen LogP contribution in [0.25, 0.3) is 0 Å². The van der Waals surface area contributed by atoms with E-state index in [1.807, 2.05) is 5.38 Å². The van der Waals surface area contributed by atoms with E-state index < -0.39 is 5.97 Å². The monoisotopic (exact) mass is 283 g/mol. The molecule has 1 fully saturated rings. The number of rotatable bonds is 6. The normalized spacial score (nSPS) is 17.8. The third-order valence-electron chi connectivity index (χ3n) is 3.94. The molecule has 106 valence electrons. The van der Waals surface area contributed by atoms with E-state index in [0.717, 1.165) is 11.7 Å². The van der Waals surface area contributed by atoms with Gasteiger partial charge >= 0.3 is 5.97 Å². The van der Waals surface area contributed by atoms with Crippen LogP contribution in [-0.2, 0) is 11.2 Å². The molecular weight excluding hydrogens is 262 g/mol. The van der Waals surface area contributed by atoms with Crippen molar-refractivity contribution >= 4 is 22.4 Å². The molecule has 0 radical (unpaired) electrons. The molecule has 2 N–H and O–H groups in total. The lowest BCUT2D eigenvalue weighted by atomic mass is 9.96. The molecule has 2 rings (SSSR count). The summed E-state index contributed by atoms with van der Waals surface area (Å²) in [5.41, 5.74) is 0.851. The van der Waals surface area contributed by atoms with E-state index in [9.17, 15) is 4.79 Å². The molecule has 0 aliphatic heterocycles. The lowest BCUT2D eigenvalue weighted by Gasteiger charge is -2.36. The van der Waals surface area contributed by atoms with Crippen LogP contribution in [0.4, 0.5) is 5.13 Å². The summed E-state index contributed by atoms with van der Waals surface area (Å²) in [5.74, 6) is -0.836. The Morgan fingerprint density at radius 2 is 2.21 bits per heavy atom. The van der Waals surface area contributed by atoms with Crippen LogP contribution in [0, 0.1) is 0 Å². The number of carbonyl (C=O) groups is 1. The van der Waals surface area contributed by atoms with Crippen molar-refractivity contribution in [2.24, 2.45) is 0 Å². The van der Waals surface area contributed by atoms with Gasteiger partial charge in [-0.05, 0) is 26.9 Å². The molecule has 0 aromatic carbocycles. The molecule has 0 spiro atoms. The largest absolute Gasteiger partial charge is 0.481 e. The standard InChI is InChI=1S/C13H21N3O2S/c1-16(2)13(5-3-4-6-13)9-14-12-15-10(8-19-12)7-11(17)18/h8H,3-7,9H2,1-2H3,(H,14,15)(H,17,18).